The number of anilines is 4. The summed E-state index contributed by atoms with van der Waals surface area (Å²) in [5.74, 6) is -0.687. The molecular formula is C28H20Cl3FN8O2S. The fraction of sp³-hybridized carbons (Fsp3) is 0.143. The summed E-state index contributed by atoms with van der Waals surface area (Å²) in [6, 6.07) is 14.9. The minimum Gasteiger partial charge on any atom is -0.373 e. The minimum atomic E-state index is -3.39. The van der Waals surface area contributed by atoms with Crippen molar-refractivity contribution in [3.05, 3.63) is 98.6 Å². The number of nitriles is 1. The Morgan fingerprint density at radius 2 is 1.93 bits per heavy atom. The second kappa shape index (κ2) is 11.5. The van der Waals surface area contributed by atoms with E-state index in [1.54, 1.807) is 36.5 Å². The molecule has 3 heterocycles. The zero-order valence-electron chi connectivity index (χ0n) is 21.9. The van der Waals surface area contributed by atoms with Gasteiger partial charge in [0.15, 0.2) is 5.82 Å². The molecule has 0 unspecified atom stereocenters. The van der Waals surface area contributed by atoms with Gasteiger partial charge in [-0.05, 0) is 48.4 Å². The Hall–Kier alpha value is -4.15. The highest BCUT2D eigenvalue weighted by Crippen LogP contribution is 2.39. The number of pyridine rings is 1. The Labute approximate surface area is 260 Å². The van der Waals surface area contributed by atoms with Crippen LogP contribution in [0.15, 0.2) is 60.9 Å². The van der Waals surface area contributed by atoms with Crippen molar-refractivity contribution in [3.63, 3.8) is 0 Å². The van der Waals surface area contributed by atoms with Gasteiger partial charge in [0.05, 0.1) is 61.2 Å². The molecular weight excluding hydrogens is 638 g/mol. The molecule has 15 heteroatoms. The van der Waals surface area contributed by atoms with Crippen molar-refractivity contribution in [2.75, 3.05) is 27.2 Å². The van der Waals surface area contributed by atoms with Crippen molar-refractivity contribution in [1.29, 1.82) is 5.26 Å². The Morgan fingerprint density at radius 1 is 1.09 bits per heavy atom. The highest BCUT2D eigenvalue weighted by Gasteiger charge is 2.29. The predicted molar refractivity (Wildman–Crippen MR) is 165 cm³/mol. The number of halogens is 4. The van der Waals surface area contributed by atoms with E-state index < -0.39 is 21.9 Å². The van der Waals surface area contributed by atoms with Gasteiger partial charge in [0.25, 0.3) is 0 Å². The average molecular weight is 658 g/mol. The van der Waals surface area contributed by atoms with E-state index in [-0.39, 0.29) is 37.8 Å². The molecule has 5 aromatic rings. The maximum Gasteiger partial charge on any atom is 0.235 e. The van der Waals surface area contributed by atoms with E-state index in [0.717, 1.165) is 0 Å². The summed E-state index contributed by atoms with van der Waals surface area (Å²) in [6.07, 6.45) is 3.44. The molecule has 0 spiro atoms. The fourth-order valence-electron chi connectivity index (χ4n) is 4.95. The number of sulfonamides is 1. The van der Waals surface area contributed by atoms with Crippen LogP contribution in [-0.2, 0) is 10.0 Å². The Morgan fingerprint density at radius 3 is 2.65 bits per heavy atom. The molecule has 1 atom stereocenters. The maximum atomic E-state index is 15.0. The summed E-state index contributed by atoms with van der Waals surface area (Å²) in [5, 5.41) is 27.5. The van der Waals surface area contributed by atoms with Gasteiger partial charge in [-0.15, -0.1) is 0 Å². The molecule has 3 N–H and O–H groups in total. The molecule has 0 aliphatic carbocycles. The van der Waals surface area contributed by atoms with Gasteiger partial charge < -0.3 is 10.6 Å². The van der Waals surface area contributed by atoms with Gasteiger partial charge in [-0.2, -0.15) is 20.7 Å². The molecule has 1 aliphatic rings. The van der Waals surface area contributed by atoms with E-state index in [0.29, 0.717) is 46.5 Å². The molecule has 0 amide bonds. The van der Waals surface area contributed by atoms with Crippen LogP contribution in [0, 0.1) is 17.1 Å². The highest BCUT2D eigenvalue weighted by molar-refractivity contribution is 7.93. The molecule has 0 bridgehead atoms. The largest absolute Gasteiger partial charge is 0.373 e. The fourth-order valence-corrected chi connectivity index (χ4v) is 7.09. The van der Waals surface area contributed by atoms with Crippen LogP contribution in [0.25, 0.3) is 10.9 Å². The first kappa shape index (κ1) is 28.9. The zero-order chi connectivity index (χ0) is 30.3. The molecule has 1 fully saturated rings. The standard InChI is InChI=1S/C28H20Cl3FN8O2S/c29-20-5-6-22(25(32)24(20)31)37-26-16(12-33)13-34-28-19(26)10-17(11-21(28)30)36-27(23-14-35-39-38-23)15-3-1-4-18(9-15)40-7-2-8-43(40,41)42/h1,3-6,9-11,13-14,27,36H,2,7-8H2,(H,34,37)(H,35,38,39)/t27-/m0/s1. The lowest BCUT2D eigenvalue weighted by Gasteiger charge is -2.22. The van der Waals surface area contributed by atoms with E-state index in [4.69, 9.17) is 34.8 Å². The smallest absolute Gasteiger partial charge is 0.235 e. The number of hydrogen-bond acceptors (Lipinski definition) is 8. The first-order chi connectivity index (χ1) is 20.7. The van der Waals surface area contributed by atoms with E-state index >= 15 is 0 Å². The summed E-state index contributed by atoms with van der Waals surface area (Å²) < 4.78 is 41.6. The van der Waals surface area contributed by atoms with Gasteiger partial charge in [-0.25, -0.2) is 12.8 Å². The second-order valence-electron chi connectivity index (χ2n) is 9.67. The lowest BCUT2D eigenvalue weighted by molar-refractivity contribution is 0.599. The van der Waals surface area contributed by atoms with Crippen molar-refractivity contribution in [2.24, 2.45) is 0 Å². The number of H-pyrrole nitrogens is 1. The third-order valence-corrected chi connectivity index (χ3v) is 9.91. The monoisotopic (exact) mass is 656 g/mol. The number of fused-ring (bicyclic) bond motifs is 1. The van der Waals surface area contributed by atoms with Gasteiger partial charge in [-0.1, -0.05) is 46.9 Å². The van der Waals surface area contributed by atoms with Crippen LogP contribution in [0.1, 0.15) is 29.3 Å². The number of aromatic nitrogens is 4. The molecule has 2 aromatic heterocycles. The first-order valence-corrected chi connectivity index (χ1v) is 15.6. The van der Waals surface area contributed by atoms with E-state index in [2.05, 4.69) is 37.1 Å². The van der Waals surface area contributed by atoms with E-state index in [1.807, 2.05) is 6.07 Å². The van der Waals surface area contributed by atoms with E-state index in [1.165, 1.54) is 22.6 Å². The van der Waals surface area contributed by atoms with Crippen LogP contribution < -0.4 is 14.9 Å². The Balaban J connectivity index is 1.44. The average Bonchev–Trinajstić information content (AvgIpc) is 3.66. The summed E-state index contributed by atoms with van der Waals surface area (Å²) in [5.41, 5.74) is 3.06. The van der Waals surface area contributed by atoms with E-state index in [9.17, 15) is 18.1 Å². The summed E-state index contributed by atoms with van der Waals surface area (Å²) in [4.78, 5) is 4.35. The van der Waals surface area contributed by atoms with Crippen molar-refractivity contribution in [2.45, 2.75) is 12.5 Å². The van der Waals surface area contributed by atoms with Crippen molar-refractivity contribution >= 4 is 78.5 Å². The second-order valence-corrected chi connectivity index (χ2v) is 12.9. The Bertz CT molecular complexity index is 2020. The maximum absolute atomic E-state index is 15.0. The van der Waals surface area contributed by atoms with Crippen LogP contribution in [0.2, 0.25) is 15.1 Å². The number of hydrogen-bond donors (Lipinski definition) is 3. The summed E-state index contributed by atoms with van der Waals surface area (Å²) in [7, 11) is -3.39. The molecule has 1 saturated heterocycles. The van der Waals surface area contributed by atoms with Gasteiger partial charge >= 0.3 is 0 Å². The molecule has 43 heavy (non-hydrogen) atoms. The molecule has 6 rings (SSSR count). The molecule has 218 valence electrons. The van der Waals surface area contributed by atoms with Crippen LogP contribution >= 0.6 is 34.8 Å². The van der Waals surface area contributed by atoms with Crippen LogP contribution in [-0.4, -0.2) is 41.1 Å². The van der Waals surface area contributed by atoms with Crippen molar-refractivity contribution < 1.29 is 12.8 Å². The first-order valence-electron chi connectivity index (χ1n) is 12.8. The third-order valence-electron chi connectivity index (χ3n) is 6.97. The van der Waals surface area contributed by atoms with Crippen molar-refractivity contribution in [1.82, 2.24) is 20.4 Å². The number of rotatable bonds is 7. The predicted octanol–water partition coefficient (Wildman–Crippen LogP) is 6.81. The van der Waals surface area contributed by atoms with Crippen LogP contribution in [0.4, 0.5) is 27.1 Å². The SMILES string of the molecule is N#Cc1cnc2c(Cl)cc(N[C@@H](c3cccc(N4CCCS4(=O)=O)c3)c3cn[nH]n3)cc2c1Nc1ccc(Cl)c(Cl)c1F. The molecule has 10 nitrogen and oxygen atoms in total. The van der Waals surface area contributed by atoms with Crippen molar-refractivity contribution in [3.8, 4) is 6.07 Å². The molecule has 1 aliphatic heterocycles. The number of nitrogens with zero attached hydrogens (tertiary/aromatic N) is 5. The topological polar surface area (TPSA) is 140 Å². The molecule has 0 saturated carbocycles. The number of benzene rings is 3. The molecule has 0 radical (unpaired) electrons. The van der Waals surface area contributed by atoms with Crippen LogP contribution in [0.3, 0.4) is 0 Å². The normalized spacial score (nSPS) is 14.9. The van der Waals surface area contributed by atoms with Crippen LogP contribution in [0.5, 0.6) is 0 Å². The summed E-state index contributed by atoms with van der Waals surface area (Å²) >= 11 is 18.6. The number of aromatic amines is 1. The quantitative estimate of drug-likeness (QED) is 0.162. The zero-order valence-corrected chi connectivity index (χ0v) is 25.0. The third kappa shape index (κ3) is 5.52. The lowest BCUT2D eigenvalue weighted by atomic mass is 10.0. The highest BCUT2D eigenvalue weighted by atomic mass is 35.5. The van der Waals surface area contributed by atoms with Gasteiger partial charge in [0.2, 0.25) is 10.0 Å². The lowest BCUT2D eigenvalue weighted by Crippen LogP contribution is -2.25. The number of nitrogens with one attached hydrogen (secondary N) is 3. The van der Waals surface area contributed by atoms with Gasteiger partial charge in [0.1, 0.15) is 11.8 Å². The molecule has 3 aromatic carbocycles. The van der Waals surface area contributed by atoms with Gasteiger partial charge in [0, 0.05) is 23.8 Å². The summed E-state index contributed by atoms with van der Waals surface area (Å²) in [6.45, 7) is 0.400. The Kier molecular flexibility index (Phi) is 7.74. The minimum absolute atomic E-state index is 0.00189. The van der Waals surface area contributed by atoms with Gasteiger partial charge in [-0.3, -0.25) is 9.29 Å².